The summed E-state index contributed by atoms with van der Waals surface area (Å²) in [4.78, 5) is 15.1. The molecule has 1 aromatic rings. The summed E-state index contributed by atoms with van der Waals surface area (Å²) in [7, 11) is 0. The monoisotopic (exact) mass is 264 g/mol. The van der Waals surface area contributed by atoms with Gasteiger partial charge in [-0.3, -0.25) is 4.79 Å². The van der Waals surface area contributed by atoms with Gasteiger partial charge in [0.2, 0.25) is 0 Å². The molecule has 0 bridgehead atoms. The third kappa shape index (κ3) is 3.45. The standard InChI is InChI=1S/C10H12N2O2S.K.H/c11-10-9(6-1-2-6)7(3-4-12-10)14-8(13)5-15;;/h3-4,6,15H,1-2,5H2,(H2,11,12);;/q;+1;-1. The third-order valence-corrected chi connectivity index (χ3v) is 2.58. The summed E-state index contributed by atoms with van der Waals surface area (Å²) in [6, 6.07) is 1.67. The number of ether oxygens (including phenoxy) is 1. The van der Waals surface area contributed by atoms with Crippen molar-refractivity contribution < 1.29 is 62.3 Å². The summed E-state index contributed by atoms with van der Waals surface area (Å²) in [6.45, 7) is 0. The van der Waals surface area contributed by atoms with Crippen molar-refractivity contribution in [2.45, 2.75) is 18.8 Å². The van der Waals surface area contributed by atoms with Gasteiger partial charge in [0.15, 0.2) is 0 Å². The molecule has 4 nitrogen and oxygen atoms in total. The zero-order chi connectivity index (χ0) is 10.8. The predicted octanol–water partition coefficient (Wildman–Crippen LogP) is -1.51. The number of thiol groups is 1. The Hall–Kier alpha value is 0.406. The van der Waals surface area contributed by atoms with Crippen LogP contribution in [0.1, 0.15) is 25.7 Å². The van der Waals surface area contributed by atoms with Gasteiger partial charge in [-0.15, -0.1) is 0 Å². The van der Waals surface area contributed by atoms with Crippen LogP contribution >= 0.6 is 12.6 Å². The minimum atomic E-state index is -0.370. The molecule has 0 spiro atoms. The van der Waals surface area contributed by atoms with Crippen LogP contribution in [0.15, 0.2) is 12.3 Å². The Balaban J connectivity index is 0.00000128. The number of nitrogens with two attached hydrogens (primary N) is 1. The molecule has 6 heteroatoms. The first-order valence-corrected chi connectivity index (χ1v) is 5.41. The molecular weight excluding hydrogens is 251 g/mol. The molecule has 2 rings (SSSR count). The average molecular weight is 264 g/mol. The smallest absolute Gasteiger partial charge is 1.00 e. The first kappa shape index (κ1) is 14.5. The van der Waals surface area contributed by atoms with E-state index in [1.807, 2.05) is 0 Å². The number of pyridine rings is 1. The van der Waals surface area contributed by atoms with E-state index >= 15 is 0 Å². The summed E-state index contributed by atoms with van der Waals surface area (Å²) in [5.74, 6) is 1.09. The van der Waals surface area contributed by atoms with Gasteiger partial charge in [-0.1, -0.05) is 0 Å². The number of nitrogens with zero attached hydrogens (tertiary/aromatic N) is 1. The van der Waals surface area contributed by atoms with Crippen molar-refractivity contribution in [1.82, 2.24) is 4.98 Å². The van der Waals surface area contributed by atoms with E-state index in [9.17, 15) is 4.79 Å². The van der Waals surface area contributed by atoms with Crippen molar-refractivity contribution in [2.24, 2.45) is 0 Å². The minimum Gasteiger partial charge on any atom is -1.00 e. The Morgan fingerprint density at radius 3 is 2.94 bits per heavy atom. The van der Waals surface area contributed by atoms with Crippen LogP contribution < -0.4 is 61.9 Å². The molecule has 0 aliphatic heterocycles. The Morgan fingerprint density at radius 1 is 1.69 bits per heavy atom. The fourth-order valence-electron chi connectivity index (χ4n) is 1.50. The van der Waals surface area contributed by atoms with Gasteiger partial charge in [0.25, 0.3) is 0 Å². The van der Waals surface area contributed by atoms with Gasteiger partial charge in [0, 0.05) is 11.8 Å². The van der Waals surface area contributed by atoms with E-state index in [0.717, 1.165) is 18.4 Å². The van der Waals surface area contributed by atoms with E-state index in [1.165, 1.54) is 0 Å². The van der Waals surface area contributed by atoms with Crippen molar-refractivity contribution in [3.8, 4) is 5.75 Å². The van der Waals surface area contributed by atoms with E-state index in [2.05, 4.69) is 17.6 Å². The molecular formula is C10H13KN2O2S. The maximum absolute atomic E-state index is 11.1. The third-order valence-electron chi connectivity index (χ3n) is 2.32. The van der Waals surface area contributed by atoms with Gasteiger partial charge in [0.05, 0.1) is 5.75 Å². The van der Waals surface area contributed by atoms with Crippen LogP contribution in [-0.2, 0) is 4.79 Å². The number of anilines is 1. The number of hydrogen-bond acceptors (Lipinski definition) is 5. The largest absolute Gasteiger partial charge is 1.00 e. The fourth-order valence-corrected chi connectivity index (χ4v) is 1.56. The van der Waals surface area contributed by atoms with E-state index < -0.39 is 0 Å². The summed E-state index contributed by atoms with van der Waals surface area (Å²) in [5, 5.41) is 0. The maximum atomic E-state index is 11.1. The van der Waals surface area contributed by atoms with Crippen LogP contribution in [0.2, 0.25) is 0 Å². The topological polar surface area (TPSA) is 65.2 Å². The van der Waals surface area contributed by atoms with Crippen LogP contribution in [0.5, 0.6) is 5.75 Å². The number of nitrogen functional groups attached to an aromatic ring is 1. The average Bonchev–Trinajstić information content (AvgIpc) is 3.01. The van der Waals surface area contributed by atoms with Crippen molar-refractivity contribution in [1.29, 1.82) is 0 Å². The molecule has 1 aromatic heterocycles. The molecule has 1 heterocycles. The quantitative estimate of drug-likeness (QED) is 0.396. The van der Waals surface area contributed by atoms with Gasteiger partial charge in [0.1, 0.15) is 11.6 Å². The SMILES string of the molecule is Nc1nccc(OC(=O)CS)c1C1CC1.[H-].[K+]. The Bertz CT molecular complexity index is 402. The number of carbonyl (C=O) groups is 1. The van der Waals surface area contributed by atoms with E-state index in [-0.39, 0.29) is 64.5 Å². The number of esters is 1. The molecule has 2 N–H and O–H groups in total. The van der Waals surface area contributed by atoms with Crippen LogP contribution in [0.4, 0.5) is 5.82 Å². The van der Waals surface area contributed by atoms with Gasteiger partial charge in [-0.2, -0.15) is 12.6 Å². The summed E-state index contributed by atoms with van der Waals surface area (Å²) < 4.78 is 5.14. The molecule has 0 amide bonds. The molecule has 16 heavy (non-hydrogen) atoms. The summed E-state index contributed by atoms with van der Waals surface area (Å²) >= 11 is 3.85. The van der Waals surface area contributed by atoms with Crippen LogP contribution in [0.3, 0.4) is 0 Å². The van der Waals surface area contributed by atoms with Gasteiger partial charge >= 0.3 is 57.4 Å². The van der Waals surface area contributed by atoms with E-state index in [0.29, 0.717) is 17.5 Å². The number of carbonyl (C=O) groups excluding carboxylic acids is 1. The second kappa shape index (κ2) is 6.37. The van der Waals surface area contributed by atoms with Gasteiger partial charge in [-0.25, -0.2) is 4.98 Å². The maximum Gasteiger partial charge on any atom is 1.00 e. The van der Waals surface area contributed by atoms with E-state index in [1.54, 1.807) is 12.3 Å². The molecule has 1 aliphatic rings. The minimum absolute atomic E-state index is 0. The van der Waals surface area contributed by atoms with Gasteiger partial charge in [-0.05, 0) is 24.8 Å². The normalized spacial score (nSPS) is 14.1. The predicted molar refractivity (Wildman–Crippen MR) is 61.2 cm³/mol. The molecule has 0 aromatic carbocycles. The van der Waals surface area contributed by atoms with Crippen LogP contribution in [-0.4, -0.2) is 16.7 Å². The molecule has 1 aliphatic carbocycles. The van der Waals surface area contributed by atoms with Crippen molar-refractivity contribution in [2.75, 3.05) is 11.5 Å². The second-order valence-corrected chi connectivity index (χ2v) is 3.83. The zero-order valence-electron chi connectivity index (χ0n) is 10.1. The van der Waals surface area contributed by atoms with Crippen LogP contribution in [0.25, 0.3) is 0 Å². The molecule has 82 valence electrons. The Labute approximate surface area is 144 Å². The summed E-state index contributed by atoms with van der Waals surface area (Å²) in [6.07, 6.45) is 3.71. The molecule has 0 radical (unpaired) electrons. The van der Waals surface area contributed by atoms with Gasteiger partial charge < -0.3 is 11.9 Å². The number of rotatable bonds is 3. The van der Waals surface area contributed by atoms with E-state index in [4.69, 9.17) is 10.5 Å². The molecule has 1 saturated carbocycles. The molecule has 0 atom stereocenters. The Morgan fingerprint density at radius 2 is 2.38 bits per heavy atom. The van der Waals surface area contributed by atoms with Crippen LogP contribution in [0, 0.1) is 0 Å². The zero-order valence-corrected chi connectivity index (χ0v) is 13.2. The first-order chi connectivity index (χ1) is 7.22. The number of hydrogen-bond donors (Lipinski definition) is 2. The fraction of sp³-hybridized carbons (Fsp3) is 0.400. The Kier molecular flexibility index (Phi) is 5.76. The second-order valence-electron chi connectivity index (χ2n) is 3.51. The first-order valence-electron chi connectivity index (χ1n) is 4.78. The molecule has 0 saturated heterocycles. The van der Waals surface area contributed by atoms with Crippen molar-refractivity contribution in [3.63, 3.8) is 0 Å². The van der Waals surface area contributed by atoms with Crippen molar-refractivity contribution >= 4 is 24.4 Å². The number of aromatic nitrogens is 1. The van der Waals surface area contributed by atoms with Crippen molar-refractivity contribution in [3.05, 3.63) is 17.8 Å². The molecule has 0 unspecified atom stereocenters. The summed E-state index contributed by atoms with van der Waals surface area (Å²) in [5.41, 5.74) is 6.63. The molecule has 1 fully saturated rings.